The molecule has 1 N–H and O–H groups in total. The van der Waals surface area contributed by atoms with E-state index in [2.05, 4.69) is 35.3 Å². The lowest BCUT2D eigenvalue weighted by molar-refractivity contribution is 0.165. The van der Waals surface area contributed by atoms with Crippen molar-refractivity contribution in [1.29, 1.82) is 0 Å². The highest BCUT2D eigenvalue weighted by atomic mass is 16.5. The first-order valence-corrected chi connectivity index (χ1v) is 9.40. The van der Waals surface area contributed by atoms with E-state index in [-0.39, 0.29) is 0 Å². The molecule has 0 radical (unpaired) electrons. The van der Waals surface area contributed by atoms with E-state index in [0.717, 1.165) is 29.5 Å². The van der Waals surface area contributed by atoms with Gasteiger partial charge in [0.1, 0.15) is 5.75 Å². The lowest BCUT2D eigenvalue weighted by Crippen LogP contribution is -2.42. The van der Waals surface area contributed by atoms with E-state index in [9.17, 15) is 0 Å². The largest absolute Gasteiger partial charge is 0.497 e. The van der Waals surface area contributed by atoms with Crippen LogP contribution in [-0.2, 0) is 12.8 Å². The van der Waals surface area contributed by atoms with Crippen LogP contribution in [0, 0.1) is 17.8 Å². The van der Waals surface area contributed by atoms with E-state index in [1.807, 2.05) is 0 Å². The third-order valence-electron chi connectivity index (χ3n) is 6.36. The Labute approximate surface area is 140 Å². The molecule has 0 amide bonds. The number of piperidine rings is 1. The molecule has 1 saturated carbocycles. The Bertz CT molecular complexity index is 549. The lowest BCUT2D eigenvalue weighted by atomic mass is 9.87. The number of rotatable bonds is 6. The Hall–Kier alpha value is -1.06. The molecule has 0 aromatic heterocycles. The lowest BCUT2D eigenvalue weighted by Gasteiger charge is -2.35. The van der Waals surface area contributed by atoms with E-state index in [1.54, 1.807) is 7.11 Å². The summed E-state index contributed by atoms with van der Waals surface area (Å²) in [7, 11) is 1.77. The number of ether oxygens (including phenoxy) is 1. The van der Waals surface area contributed by atoms with Gasteiger partial charge in [0.05, 0.1) is 7.11 Å². The van der Waals surface area contributed by atoms with Crippen LogP contribution >= 0.6 is 0 Å². The van der Waals surface area contributed by atoms with Gasteiger partial charge >= 0.3 is 0 Å². The van der Waals surface area contributed by atoms with Crippen molar-refractivity contribution < 1.29 is 4.74 Å². The minimum atomic E-state index is 0.726. The Morgan fingerprint density at radius 2 is 2.04 bits per heavy atom. The average molecular weight is 314 g/mol. The van der Waals surface area contributed by atoms with Crippen molar-refractivity contribution in [2.24, 2.45) is 17.8 Å². The second-order valence-electron chi connectivity index (χ2n) is 7.68. The second kappa shape index (κ2) is 6.45. The van der Waals surface area contributed by atoms with Crippen molar-refractivity contribution in [3.05, 3.63) is 29.3 Å². The molecular formula is C20H30N2O. The van der Waals surface area contributed by atoms with Crippen molar-refractivity contribution in [3.8, 4) is 5.75 Å². The molecule has 1 aliphatic heterocycles. The predicted octanol–water partition coefficient (Wildman–Crippen LogP) is 2.73. The molecule has 0 bridgehead atoms. The van der Waals surface area contributed by atoms with Gasteiger partial charge in [-0.1, -0.05) is 13.0 Å². The molecule has 3 nitrogen and oxygen atoms in total. The van der Waals surface area contributed by atoms with Crippen LogP contribution in [0.2, 0.25) is 0 Å². The predicted molar refractivity (Wildman–Crippen MR) is 94.0 cm³/mol. The minimum absolute atomic E-state index is 0.726. The Morgan fingerprint density at radius 1 is 1.22 bits per heavy atom. The molecule has 3 heteroatoms. The van der Waals surface area contributed by atoms with Crippen LogP contribution in [0.15, 0.2) is 18.2 Å². The SMILES string of the molecule is CCCN(CC1C2CNCC21)C1CCc2ccc(OC)cc2C1. The van der Waals surface area contributed by atoms with Crippen LogP contribution in [0.3, 0.4) is 0 Å². The first-order chi connectivity index (χ1) is 11.3. The van der Waals surface area contributed by atoms with Crippen LogP contribution in [0.5, 0.6) is 5.75 Å². The molecule has 1 aromatic carbocycles. The van der Waals surface area contributed by atoms with Gasteiger partial charge in [-0.2, -0.15) is 0 Å². The van der Waals surface area contributed by atoms with E-state index in [1.165, 1.54) is 63.0 Å². The molecule has 2 fully saturated rings. The first kappa shape index (κ1) is 15.5. The second-order valence-corrected chi connectivity index (χ2v) is 7.68. The molecule has 1 heterocycles. The van der Waals surface area contributed by atoms with Crippen molar-refractivity contribution in [2.45, 2.75) is 38.6 Å². The topological polar surface area (TPSA) is 24.5 Å². The van der Waals surface area contributed by atoms with Crippen LogP contribution in [0.1, 0.15) is 30.9 Å². The number of aryl methyl sites for hydroxylation is 1. The van der Waals surface area contributed by atoms with E-state index in [4.69, 9.17) is 4.74 Å². The summed E-state index contributed by atoms with van der Waals surface area (Å²) in [5, 5.41) is 3.53. The van der Waals surface area contributed by atoms with E-state index >= 15 is 0 Å². The fourth-order valence-electron chi connectivity index (χ4n) is 4.95. The molecule has 3 unspecified atom stereocenters. The monoisotopic (exact) mass is 314 g/mol. The Morgan fingerprint density at radius 3 is 2.78 bits per heavy atom. The van der Waals surface area contributed by atoms with Gasteiger partial charge in [-0.05, 0) is 86.3 Å². The highest BCUT2D eigenvalue weighted by Gasteiger charge is 2.53. The fourth-order valence-corrected chi connectivity index (χ4v) is 4.95. The molecular weight excluding hydrogens is 284 g/mol. The third-order valence-corrected chi connectivity index (χ3v) is 6.36. The molecule has 3 aliphatic rings. The van der Waals surface area contributed by atoms with Gasteiger partial charge in [-0.3, -0.25) is 4.90 Å². The number of hydrogen-bond donors (Lipinski definition) is 1. The van der Waals surface area contributed by atoms with E-state index in [0.29, 0.717) is 0 Å². The Kier molecular flexibility index (Phi) is 4.33. The normalized spacial score (nSPS) is 31.8. The van der Waals surface area contributed by atoms with Crippen LogP contribution in [0.25, 0.3) is 0 Å². The number of methoxy groups -OCH3 is 1. The zero-order valence-electron chi connectivity index (χ0n) is 14.6. The van der Waals surface area contributed by atoms with Gasteiger partial charge in [0.25, 0.3) is 0 Å². The van der Waals surface area contributed by atoms with Gasteiger partial charge in [-0.25, -0.2) is 0 Å². The molecule has 1 saturated heterocycles. The summed E-state index contributed by atoms with van der Waals surface area (Å²) in [5.41, 5.74) is 3.05. The van der Waals surface area contributed by atoms with Crippen molar-refractivity contribution >= 4 is 0 Å². The van der Waals surface area contributed by atoms with Crippen molar-refractivity contribution in [2.75, 3.05) is 33.3 Å². The number of hydrogen-bond acceptors (Lipinski definition) is 3. The smallest absolute Gasteiger partial charge is 0.119 e. The van der Waals surface area contributed by atoms with Crippen molar-refractivity contribution in [3.63, 3.8) is 0 Å². The Balaban J connectivity index is 1.44. The summed E-state index contributed by atoms with van der Waals surface area (Å²) in [6.07, 6.45) is 5.01. The number of nitrogens with zero attached hydrogens (tertiary/aromatic N) is 1. The van der Waals surface area contributed by atoms with E-state index < -0.39 is 0 Å². The summed E-state index contributed by atoms with van der Waals surface area (Å²) in [6, 6.07) is 7.37. The fraction of sp³-hybridized carbons (Fsp3) is 0.700. The summed E-state index contributed by atoms with van der Waals surface area (Å²) < 4.78 is 5.43. The standard InChI is InChI=1S/C20H30N2O/c1-3-8-22(13-20-18-11-21-12-19(18)20)16-6-4-14-5-7-17(23-2)10-15(14)9-16/h5,7,10,16,18-21H,3-4,6,8-9,11-13H2,1-2H3. The molecule has 1 aromatic rings. The maximum Gasteiger partial charge on any atom is 0.119 e. The first-order valence-electron chi connectivity index (χ1n) is 9.40. The summed E-state index contributed by atoms with van der Waals surface area (Å²) in [4.78, 5) is 2.81. The van der Waals surface area contributed by atoms with Gasteiger partial charge in [-0.15, -0.1) is 0 Å². The van der Waals surface area contributed by atoms with Crippen LogP contribution < -0.4 is 10.1 Å². The molecule has 126 valence electrons. The van der Waals surface area contributed by atoms with Crippen molar-refractivity contribution in [1.82, 2.24) is 10.2 Å². The summed E-state index contributed by atoms with van der Waals surface area (Å²) >= 11 is 0. The third kappa shape index (κ3) is 3.01. The average Bonchev–Trinajstić information content (AvgIpc) is 3.01. The van der Waals surface area contributed by atoms with Gasteiger partial charge in [0.2, 0.25) is 0 Å². The summed E-state index contributed by atoms with van der Waals surface area (Å²) in [5.74, 6) is 3.93. The zero-order chi connectivity index (χ0) is 15.8. The highest BCUT2D eigenvalue weighted by molar-refractivity contribution is 5.38. The highest BCUT2D eigenvalue weighted by Crippen LogP contribution is 2.49. The maximum atomic E-state index is 5.43. The molecule has 23 heavy (non-hydrogen) atoms. The van der Waals surface area contributed by atoms with Gasteiger partial charge in [0, 0.05) is 12.6 Å². The van der Waals surface area contributed by atoms with Gasteiger partial charge < -0.3 is 10.1 Å². The molecule has 2 aliphatic carbocycles. The quantitative estimate of drug-likeness (QED) is 0.874. The van der Waals surface area contributed by atoms with Crippen LogP contribution in [-0.4, -0.2) is 44.2 Å². The zero-order valence-corrected chi connectivity index (χ0v) is 14.6. The molecule has 4 rings (SSSR count). The number of nitrogens with one attached hydrogen (secondary N) is 1. The summed E-state index contributed by atoms with van der Waals surface area (Å²) in [6.45, 7) is 7.43. The molecule has 3 atom stereocenters. The number of fused-ring (bicyclic) bond motifs is 2. The van der Waals surface area contributed by atoms with Gasteiger partial charge in [0.15, 0.2) is 0 Å². The minimum Gasteiger partial charge on any atom is -0.497 e. The maximum absolute atomic E-state index is 5.43. The molecule has 0 spiro atoms. The number of benzene rings is 1. The van der Waals surface area contributed by atoms with Crippen LogP contribution in [0.4, 0.5) is 0 Å².